The van der Waals surface area contributed by atoms with E-state index < -0.39 is 75.7 Å². The Hall–Kier alpha value is -2.98. The van der Waals surface area contributed by atoms with Crippen LogP contribution in [0.25, 0.3) is 0 Å². The number of hydrogen-bond acceptors (Lipinski definition) is 10. The second-order valence-corrected chi connectivity index (χ2v) is 13.1. The second-order valence-electron chi connectivity index (χ2n) is 13.1. The van der Waals surface area contributed by atoms with E-state index in [1.165, 1.54) is 13.8 Å². The van der Waals surface area contributed by atoms with Gasteiger partial charge in [0.25, 0.3) is 0 Å². The maximum atomic E-state index is 13.5. The molecule has 9 atom stereocenters. The molecule has 41 heavy (non-hydrogen) atoms. The van der Waals surface area contributed by atoms with Gasteiger partial charge in [0.15, 0.2) is 0 Å². The molecule has 10 nitrogen and oxygen atoms in total. The lowest BCUT2D eigenvalue weighted by Gasteiger charge is -2.71. The number of rotatable bonds is 4. The summed E-state index contributed by atoms with van der Waals surface area (Å²) < 4.78 is 30.1. The zero-order chi connectivity index (χ0) is 30.0. The zero-order valence-corrected chi connectivity index (χ0v) is 24.6. The van der Waals surface area contributed by atoms with Crippen LogP contribution in [-0.4, -0.2) is 70.7 Å². The molecule has 0 amide bonds. The largest absolute Gasteiger partial charge is 0.462 e. The average molecular weight is 573 g/mol. The van der Waals surface area contributed by atoms with Gasteiger partial charge in [-0.15, -0.1) is 0 Å². The fraction of sp³-hybridized carbons (Fsp3) is 0.677. The van der Waals surface area contributed by atoms with Crippen LogP contribution in [0.15, 0.2) is 30.3 Å². The number of fused-ring (bicyclic) bond motifs is 3. The molecule has 1 aromatic rings. The molecule has 10 heteroatoms. The van der Waals surface area contributed by atoms with Gasteiger partial charge in [0.05, 0.1) is 17.6 Å². The Labute approximate surface area is 240 Å². The minimum Gasteiger partial charge on any atom is -0.462 e. The van der Waals surface area contributed by atoms with E-state index in [1.54, 1.807) is 37.3 Å². The van der Waals surface area contributed by atoms with Crippen molar-refractivity contribution in [2.45, 2.75) is 109 Å². The van der Waals surface area contributed by atoms with E-state index in [0.717, 1.165) is 0 Å². The smallest absolute Gasteiger partial charge is 0.338 e. The minimum absolute atomic E-state index is 0.0130. The summed E-state index contributed by atoms with van der Waals surface area (Å²) in [6.07, 6.45) is -1.23. The number of carbonyl (C=O) groups excluding carboxylic acids is 4. The van der Waals surface area contributed by atoms with E-state index in [4.69, 9.17) is 23.7 Å². The molecule has 4 aliphatic rings. The predicted octanol–water partition coefficient (Wildman–Crippen LogP) is 3.52. The fourth-order valence-corrected chi connectivity index (χ4v) is 8.46. The Kier molecular flexibility index (Phi) is 7.05. The first-order valence-corrected chi connectivity index (χ1v) is 14.3. The normalized spacial score (nSPS) is 43.3. The SMILES string of the molecule is CC(=O)OC1CCC2C3(C)C(OC(C)=O)CC4(COC(=O)C4)OC3(C)CC(OC(=O)c3ccccc3)C2(C)C1(C)O. The fourth-order valence-electron chi connectivity index (χ4n) is 8.46. The summed E-state index contributed by atoms with van der Waals surface area (Å²) in [7, 11) is 0. The van der Waals surface area contributed by atoms with Gasteiger partial charge in [-0.2, -0.15) is 0 Å². The molecular weight excluding hydrogens is 532 g/mol. The van der Waals surface area contributed by atoms with Gasteiger partial charge < -0.3 is 28.8 Å². The van der Waals surface area contributed by atoms with Gasteiger partial charge in [0.2, 0.25) is 0 Å². The Bertz CT molecular complexity index is 1240. The van der Waals surface area contributed by atoms with E-state index in [-0.39, 0.29) is 25.9 Å². The quantitative estimate of drug-likeness (QED) is 0.422. The summed E-state index contributed by atoms with van der Waals surface area (Å²) >= 11 is 0. The third-order valence-corrected chi connectivity index (χ3v) is 10.8. The molecule has 0 bridgehead atoms. The van der Waals surface area contributed by atoms with Crippen molar-refractivity contribution in [3.05, 3.63) is 35.9 Å². The molecule has 2 heterocycles. The van der Waals surface area contributed by atoms with Crippen LogP contribution in [0.5, 0.6) is 0 Å². The zero-order valence-electron chi connectivity index (χ0n) is 24.6. The number of esters is 4. The number of aliphatic hydroxyl groups is 1. The molecule has 1 aromatic carbocycles. The lowest BCUT2D eigenvalue weighted by Crippen LogP contribution is -2.79. The highest BCUT2D eigenvalue weighted by atomic mass is 16.6. The van der Waals surface area contributed by atoms with Crippen LogP contribution in [-0.2, 0) is 38.1 Å². The molecule has 2 aliphatic carbocycles. The standard InChI is InChI=1S/C31H40O10/c1-18(32)38-22-13-12-21-28(4)24(39-19(2)33)15-31(16-25(34)37-17-31)41-27(28,3)14-23(29(21,5)30(22,6)36)40-26(35)20-10-8-7-9-11-20/h7-11,21-24,36H,12-17H2,1-6H3. The van der Waals surface area contributed by atoms with Crippen LogP contribution < -0.4 is 0 Å². The van der Waals surface area contributed by atoms with Crippen LogP contribution in [0.1, 0.15) is 84.0 Å². The maximum absolute atomic E-state index is 13.5. The predicted molar refractivity (Wildman–Crippen MR) is 143 cm³/mol. The highest BCUT2D eigenvalue weighted by molar-refractivity contribution is 5.89. The molecule has 1 N–H and O–H groups in total. The summed E-state index contributed by atoms with van der Waals surface area (Å²) in [5, 5.41) is 12.3. The van der Waals surface area contributed by atoms with Gasteiger partial charge in [-0.05, 0) is 44.7 Å². The van der Waals surface area contributed by atoms with Crippen molar-refractivity contribution in [1.82, 2.24) is 0 Å². The van der Waals surface area contributed by atoms with Crippen molar-refractivity contribution >= 4 is 23.9 Å². The first-order valence-electron chi connectivity index (χ1n) is 14.3. The number of carbonyl (C=O) groups is 4. The van der Waals surface area contributed by atoms with E-state index in [2.05, 4.69) is 0 Å². The molecule has 2 saturated carbocycles. The van der Waals surface area contributed by atoms with Gasteiger partial charge in [-0.3, -0.25) is 14.4 Å². The van der Waals surface area contributed by atoms with Gasteiger partial charge in [-0.1, -0.05) is 32.0 Å². The summed E-state index contributed by atoms with van der Waals surface area (Å²) in [6.45, 7) is 10.1. The van der Waals surface area contributed by atoms with Crippen LogP contribution in [0, 0.1) is 16.7 Å². The van der Waals surface area contributed by atoms with E-state index in [1.807, 2.05) is 20.8 Å². The molecule has 2 aliphatic heterocycles. The molecular formula is C31H40O10. The Morgan fingerprint density at radius 1 is 0.854 bits per heavy atom. The van der Waals surface area contributed by atoms with Gasteiger partial charge >= 0.3 is 23.9 Å². The topological polar surface area (TPSA) is 135 Å². The van der Waals surface area contributed by atoms with Gasteiger partial charge in [0, 0.05) is 37.5 Å². The number of hydrogen-bond donors (Lipinski definition) is 1. The molecule has 5 rings (SSSR count). The number of benzene rings is 1. The maximum Gasteiger partial charge on any atom is 0.338 e. The van der Waals surface area contributed by atoms with E-state index >= 15 is 0 Å². The summed E-state index contributed by atoms with van der Waals surface area (Å²) in [5.74, 6) is -2.36. The Balaban J connectivity index is 1.65. The molecule has 0 aromatic heterocycles. The average Bonchev–Trinajstić information content (AvgIpc) is 3.23. The van der Waals surface area contributed by atoms with Crippen molar-refractivity contribution in [1.29, 1.82) is 0 Å². The monoisotopic (exact) mass is 572 g/mol. The summed E-state index contributed by atoms with van der Waals surface area (Å²) in [5.41, 5.74) is -5.38. The first-order chi connectivity index (χ1) is 19.1. The van der Waals surface area contributed by atoms with Crippen molar-refractivity contribution in [3.63, 3.8) is 0 Å². The molecule has 9 unspecified atom stereocenters. The molecule has 4 fully saturated rings. The second kappa shape index (κ2) is 9.80. The van der Waals surface area contributed by atoms with Gasteiger partial charge in [-0.25, -0.2) is 4.79 Å². The highest BCUT2D eigenvalue weighted by Crippen LogP contribution is 2.70. The third-order valence-electron chi connectivity index (χ3n) is 10.8. The van der Waals surface area contributed by atoms with Crippen LogP contribution in [0.2, 0.25) is 0 Å². The third kappa shape index (κ3) is 4.45. The molecule has 0 radical (unpaired) electrons. The highest BCUT2D eigenvalue weighted by Gasteiger charge is 2.77. The summed E-state index contributed by atoms with van der Waals surface area (Å²) in [6, 6.07) is 8.58. The van der Waals surface area contributed by atoms with E-state index in [0.29, 0.717) is 18.4 Å². The van der Waals surface area contributed by atoms with Gasteiger partial charge in [0.1, 0.15) is 36.1 Å². The van der Waals surface area contributed by atoms with Crippen molar-refractivity contribution in [3.8, 4) is 0 Å². The Morgan fingerprint density at radius 2 is 1.46 bits per heavy atom. The van der Waals surface area contributed by atoms with Crippen molar-refractivity contribution in [2.24, 2.45) is 16.7 Å². The molecule has 1 spiro atoms. The first kappa shape index (κ1) is 29.5. The van der Waals surface area contributed by atoms with Crippen LogP contribution >= 0.6 is 0 Å². The van der Waals surface area contributed by atoms with Crippen molar-refractivity contribution < 1.29 is 48.0 Å². The number of ether oxygens (including phenoxy) is 5. The minimum atomic E-state index is -1.63. The lowest BCUT2D eigenvalue weighted by atomic mass is 9.39. The van der Waals surface area contributed by atoms with E-state index in [9.17, 15) is 24.3 Å². The Morgan fingerprint density at radius 3 is 2.05 bits per heavy atom. The van der Waals surface area contributed by atoms with Crippen LogP contribution in [0.3, 0.4) is 0 Å². The van der Waals surface area contributed by atoms with Crippen LogP contribution in [0.4, 0.5) is 0 Å². The lowest BCUT2D eigenvalue weighted by molar-refractivity contribution is -0.363. The summed E-state index contributed by atoms with van der Waals surface area (Å²) in [4.78, 5) is 50.3. The number of cyclic esters (lactones) is 1. The molecule has 2 saturated heterocycles. The molecule has 224 valence electrons. The van der Waals surface area contributed by atoms with Crippen molar-refractivity contribution in [2.75, 3.05) is 6.61 Å².